The number of aliphatic carboxylic acids is 2. The molecule has 0 rings (SSSR count). The normalized spacial score (nSPS) is 10.8. The summed E-state index contributed by atoms with van der Waals surface area (Å²) in [5.41, 5.74) is 0. The van der Waals surface area contributed by atoms with Gasteiger partial charge in [-0.25, -0.2) is 0 Å². The lowest BCUT2D eigenvalue weighted by Crippen LogP contribution is -2.28. The Kier molecular flexibility index (Phi) is 10.3. The molecule has 0 saturated heterocycles. The van der Waals surface area contributed by atoms with Crippen molar-refractivity contribution in [2.75, 3.05) is 19.6 Å². The molecule has 2 N–H and O–H groups in total. The highest BCUT2D eigenvalue weighted by Crippen LogP contribution is 2.04. The number of hydrogen-bond acceptors (Lipinski definition) is 3. The molecule has 0 atom stereocenters. The van der Waals surface area contributed by atoms with Crippen LogP contribution in [0.15, 0.2) is 0 Å². The Morgan fingerprint density at radius 1 is 0.833 bits per heavy atom. The maximum absolute atomic E-state index is 10.5. The Morgan fingerprint density at radius 2 is 1.44 bits per heavy atom. The van der Waals surface area contributed by atoms with Crippen molar-refractivity contribution in [2.24, 2.45) is 0 Å². The molecular weight excluding hydrogens is 234 g/mol. The zero-order chi connectivity index (χ0) is 13.8. The summed E-state index contributed by atoms with van der Waals surface area (Å²) >= 11 is 0. The van der Waals surface area contributed by atoms with E-state index in [4.69, 9.17) is 10.2 Å². The van der Waals surface area contributed by atoms with Gasteiger partial charge in [-0.3, -0.25) is 9.59 Å². The zero-order valence-electron chi connectivity index (χ0n) is 11.2. The molecule has 5 nitrogen and oxygen atoms in total. The maximum Gasteiger partial charge on any atom is 0.304 e. The van der Waals surface area contributed by atoms with Gasteiger partial charge in [0.2, 0.25) is 0 Å². The predicted molar refractivity (Wildman–Crippen MR) is 69.7 cm³/mol. The van der Waals surface area contributed by atoms with Gasteiger partial charge in [0.25, 0.3) is 0 Å². The fourth-order valence-corrected chi connectivity index (χ4v) is 1.76. The van der Waals surface area contributed by atoms with Crippen molar-refractivity contribution in [3.63, 3.8) is 0 Å². The van der Waals surface area contributed by atoms with Crippen LogP contribution >= 0.6 is 0 Å². The summed E-state index contributed by atoms with van der Waals surface area (Å²) in [6.07, 6.45) is 5.12. The minimum atomic E-state index is -0.762. The molecule has 0 bridgehead atoms. The number of hydrogen-bond donors (Lipinski definition) is 2. The molecule has 0 fully saturated rings. The Hall–Kier alpha value is -1.10. The molecule has 0 unspecified atom stereocenters. The van der Waals surface area contributed by atoms with Crippen molar-refractivity contribution in [3.8, 4) is 0 Å². The lowest BCUT2D eigenvalue weighted by molar-refractivity contribution is -0.138. The van der Waals surface area contributed by atoms with Gasteiger partial charge in [0.15, 0.2) is 0 Å². The van der Waals surface area contributed by atoms with Crippen LogP contribution in [0.2, 0.25) is 0 Å². The number of rotatable bonds is 12. The van der Waals surface area contributed by atoms with Gasteiger partial charge in [-0.1, -0.05) is 19.8 Å². The highest BCUT2D eigenvalue weighted by atomic mass is 16.4. The SMILES string of the molecule is CCCCN(CCCCCC(=O)O)CCC(=O)O. The first kappa shape index (κ1) is 16.9. The molecule has 0 aromatic heterocycles. The number of unbranched alkanes of at least 4 members (excludes halogenated alkanes) is 3. The lowest BCUT2D eigenvalue weighted by atomic mass is 10.2. The molecule has 106 valence electrons. The van der Waals surface area contributed by atoms with Crippen molar-refractivity contribution >= 4 is 11.9 Å². The van der Waals surface area contributed by atoms with E-state index in [2.05, 4.69) is 11.8 Å². The number of carboxylic acids is 2. The summed E-state index contributed by atoms with van der Waals surface area (Å²) in [4.78, 5) is 23.0. The lowest BCUT2D eigenvalue weighted by Gasteiger charge is -2.21. The number of carbonyl (C=O) groups is 2. The quantitative estimate of drug-likeness (QED) is 0.525. The van der Waals surface area contributed by atoms with Crippen LogP contribution in [0.25, 0.3) is 0 Å². The predicted octanol–water partition coefficient (Wildman–Crippen LogP) is 2.21. The van der Waals surface area contributed by atoms with Crippen molar-refractivity contribution in [1.82, 2.24) is 4.90 Å². The number of carboxylic acid groups (broad SMARTS) is 2. The van der Waals surface area contributed by atoms with Gasteiger partial charge in [0.1, 0.15) is 0 Å². The van der Waals surface area contributed by atoms with E-state index < -0.39 is 11.9 Å². The van der Waals surface area contributed by atoms with E-state index in [1.807, 2.05) is 0 Å². The Labute approximate surface area is 109 Å². The molecule has 5 heteroatoms. The highest BCUT2D eigenvalue weighted by molar-refractivity contribution is 5.67. The summed E-state index contributed by atoms with van der Waals surface area (Å²) in [7, 11) is 0. The van der Waals surface area contributed by atoms with Crippen molar-refractivity contribution in [3.05, 3.63) is 0 Å². The van der Waals surface area contributed by atoms with E-state index >= 15 is 0 Å². The van der Waals surface area contributed by atoms with Crippen LogP contribution in [0, 0.1) is 0 Å². The van der Waals surface area contributed by atoms with Gasteiger partial charge in [0, 0.05) is 13.0 Å². The van der Waals surface area contributed by atoms with Crippen LogP contribution in [-0.4, -0.2) is 46.7 Å². The molecule has 0 aliphatic heterocycles. The third-order valence-corrected chi connectivity index (χ3v) is 2.83. The molecule has 0 saturated carbocycles. The molecule has 0 aliphatic rings. The first-order valence-electron chi connectivity index (χ1n) is 6.72. The minimum absolute atomic E-state index is 0.179. The van der Waals surface area contributed by atoms with Gasteiger partial charge in [-0.15, -0.1) is 0 Å². The van der Waals surface area contributed by atoms with Gasteiger partial charge in [-0.05, 0) is 32.4 Å². The second-order valence-electron chi connectivity index (χ2n) is 4.54. The summed E-state index contributed by atoms with van der Waals surface area (Å²) in [6, 6.07) is 0. The van der Waals surface area contributed by atoms with Crippen molar-refractivity contribution in [2.45, 2.75) is 51.9 Å². The first-order chi connectivity index (χ1) is 8.56. The summed E-state index contributed by atoms with van der Waals surface area (Å²) < 4.78 is 0. The molecule has 0 radical (unpaired) electrons. The van der Waals surface area contributed by atoms with Crippen LogP contribution in [0.5, 0.6) is 0 Å². The molecule has 18 heavy (non-hydrogen) atoms. The molecule has 0 aromatic rings. The van der Waals surface area contributed by atoms with Crippen LogP contribution in [-0.2, 0) is 9.59 Å². The van der Waals surface area contributed by atoms with Gasteiger partial charge in [0.05, 0.1) is 6.42 Å². The number of nitrogens with zero attached hydrogens (tertiary/aromatic N) is 1. The van der Waals surface area contributed by atoms with E-state index in [0.717, 1.165) is 38.8 Å². The van der Waals surface area contributed by atoms with E-state index in [1.54, 1.807) is 0 Å². The highest BCUT2D eigenvalue weighted by Gasteiger charge is 2.07. The van der Waals surface area contributed by atoms with E-state index in [9.17, 15) is 9.59 Å². The fraction of sp³-hybridized carbons (Fsp3) is 0.846. The zero-order valence-corrected chi connectivity index (χ0v) is 11.2. The standard InChI is InChI=1S/C13H25NO4/c1-2-3-9-14(11-8-13(17)18)10-6-4-5-7-12(15)16/h2-11H2,1H3,(H,15,16)(H,17,18). The summed E-state index contributed by atoms with van der Waals surface area (Å²) in [5, 5.41) is 17.2. The van der Waals surface area contributed by atoms with Crippen molar-refractivity contribution in [1.29, 1.82) is 0 Å². The average Bonchev–Trinajstić information content (AvgIpc) is 2.30. The summed E-state index contributed by atoms with van der Waals surface area (Å²) in [5.74, 6) is -1.51. The monoisotopic (exact) mass is 259 g/mol. The molecule has 0 amide bonds. The van der Waals surface area contributed by atoms with Gasteiger partial charge < -0.3 is 15.1 Å². The smallest absolute Gasteiger partial charge is 0.304 e. The molecular formula is C13H25NO4. The topological polar surface area (TPSA) is 77.8 Å². The Morgan fingerprint density at radius 3 is 2.00 bits per heavy atom. The average molecular weight is 259 g/mol. The van der Waals surface area contributed by atoms with E-state index in [-0.39, 0.29) is 12.8 Å². The van der Waals surface area contributed by atoms with Crippen molar-refractivity contribution < 1.29 is 19.8 Å². The Balaban J connectivity index is 3.70. The van der Waals surface area contributed by atoms with E-state index in [0.29, 0.717) is 13.0 Å². The van der Waals surface area contributed by atoms with Gasteiger partial charge in [-0.2, -0.15) is 0 Å². The van der Waals surface area contributed by atoms with Crippen LogP contribution in [0.1, 0.15) is 51.9 Å². The summed E-state index contributed by atoms with van der Waals surface area (Å²) in [6.45, 7) is 4.51. The molecule has 0 aliphatic carbocycles. The van der Waals surface area contributed by atoms with Crippen LogP contribution < -0.4 is 0 Å². The molecule has 0 heterocycles. The minimum Gasteiger partial charge on any atom is -0.481 e. The van der Waals surface area contributed by atoms with Crippen LogP contribution in [0.3, 0.4) is 0 Å². The molecule has 0 aromatic carbocycles. The third-order valence-electron chi connectivity index (χ3n) is 2.83. The second kappa shape index (κ2) is 11.0. The van der Waals surface area contributed by atoms with Gasteiger partial charge >= 0.3 is 11.9 Å². The molecule has 0 spiro atoms. The Bertz CT molecular complexity index is 243. The van der Waals surface area contributed by atoms with Crippen LogP contribution in [0.4, 0.5) is 0 Å². The largest absolute Gasteiger partial charge is 0.481 e. The van der Waals surface area contributed by atoms with E-state index in [1.165, 1.54) is 0 Å². The fourth-order valence-electron chi connectivity index (χ4n) is 1.76. The second-order valence-corrected chi connectivity index (χ2v) is 4.54. The third kappa shape index (κ3) is 11.4. The first-order valence-corrected chi connectivity index (χ1v) is 6.72. The maximum atomic E-state index is 10.5.